The van der Waals surface area contributed by atoms with E-state index >= 15 is 0 Å². The third-order valence-electron chi connectivity index (χ3n) is 6.12. The van der Waals surface area contributed by atoms with Crippen molar-refractivity contribution >= 4 is 16.7 Å². The van der Waals surface area contributed by atoms with Gasteiger partial charge in [-0.15, -0.1) is 0 Å². The molecular weight excluding hydrogens is 288 g/mol. The summed E-state index contributed by atoms with van der Waals surface area (Å²) in [7, 11) is 0. The average molecular weight is 310 g/mol. The van der Waals surface area contributed by atoms with Crippen molar-refractivity contribution in [3.8, 4) is 0 Å². The van der Waals surface area contributed by atoms with Crippen molar-refractivity contribution in [2.24, 2.45) is 5.41 Å². The van der Waals surface area contributed by atoms with E-state index in [1.54, 1.807) is 6.20 Å². The van der Waals surface area contributed by atoms with Crippen LogP contribution in [-0.2, 0) is 0 Å². The van der Waals surface area contributed by atoms with Crippen LogP contribution in [0, 0.1) is 5.41 Å². The van der Waals surface area contributed by atoms with Crippen LogP contribution in [-0.4, -0.2) is 39.6 Å². The molecule has 0 bridgehead atoms. The molecule has 1 unspecified atom stereocenters. The van der Waals surface area contributed by atoms with E-state index in [-0.39, 0.29) is 11.3 Å². The minimum Gasteiger partial charge on any atom is -0.390 e. The Kier molecular flexibility index (Phi) is 3.20. The van der Waals surface area contributed by atoms with Crippen molar-refractivity contribution in [1.82, 2.24) is 9.88 Å². The fourth-order valence-electron chi connectivity index (χ4n) is 4.21. The normalized spacial score (nSPS) is 26.3. The highest BCUT2D eigenvalue weighted by Crippen LogP contribution is 2.56. The van der Waals surface area contributed by atoms with E-state index < -0.39 is 5.60 Å². The van der Waals surface area contributed by atoms with Crippen molar-refractivity contribution in [2.75, 3.05) is 13.1 Å². The Morgan fingerprint density at radius 3 is 2.52 bits per heavy atom. The van der Waals surface area contributed by atoms with Crippen molar-refractivity contribution in [1.29, 1.82) is 0 Å². The van der Waals surface area contributed by atoms with Gasteiger partial charge in [0.05, 0.1) is 5.60 Å². The minimum absolute atomic E-state index is 0.00983. The number of amides is 1. The highest BCUT2D eigenvalue weighted by atomic mass is 16.3. The topological polar surface area (TPSA) is 53.4 Å². The standard InChI is InChI=1S/C19H22N2O2/c1-18(23)7-8-19(18)9-12-21(13-10-19)17(22)16-15-5-3-2-4-14(15)6-11-20-16/h2-6,11,23H,7-10,12-13H2,1H3. The van der Waals surface area contributed by atoms with Gasteiger partial charge in [0, 0.05) is 30.1 Å². The van der Waals surface area contributed by atoms with Crippen LogP contribution in [0.4, 0.5) is 0 Å². The summed E-state index contributed by atoms with van der Waals surface area (Å²) in [6, 6.07) is 9.81. The first-order valence-corrected chi connectivity index (χ1v) is 8.38. The molecule has 1 aliphatic carbocycles. The Morgan fingerprint density at radius 1 is 1.13 bits per heavy atom. The number of carbonyl (C=O) groups excluding carboxylic acids is 1. The molecule has 2 aromatic rings. The number of hydrogen-bond acceptors (Lipinski definition) is 3. The van der Waals surface area contributed by atoms with Gasteiger partial charge < -0.3 is 10.0 Å². The van der Waals surface area contributed by atoms with E-state index in [1.165, 1.54) is 0 Å². The van der Waals surface area contributed by atoms with E-state index in [0.717, 1.165) is 36.5 Å². The molecule has 1 aromatic heterocycles. The van der Waals surface area contributed by atoms with E-state index in [1.807, 2.05) is 42.2 Å². The molecule has 1 aromatic carbocycles. The second-order valence-electron chi connectivity index (χ2n) is 7.23. The van der Waals surface area contributed by atoms with E-state index in [0.29, 0.717) is 18.8 Å². The van der Waals surface area contributed by atoms with Crippen LogP contribution in [0.25, 0.3) is 10.8 Å². The molecule has 2 aliphatic rings. The van der Waals surface area contributed by atoms with Gasteiger partial charge in [0.2, 0.25) is 0 Å². The summed E-state index contributed by atoms with van der Waals surface area (Å²) in [6.07, 6.45) is 5.44. The molecule has 1 spiro atoms. The molecule has 1 saturated carbocycles. The van der Waals surface area contributed by atoms with Crippen LogP contribution >= 0.6 is 0 Å². The third-order valence-corrected chi connectivity index (χ3v) is 6.12. The number of carbonyl (C=O) groups is 1. The molecule has 1 N–H and O–H groups in total. The zero-order chi connectivity index (χ0) is 16.1. The number of benzene rings is 1. The van der Waals surface area contributed by atoms with Crippen molar-refractivity contribution < 1.29 is 9.90 Å². The fraction of sp³-hybridized carbons (Fsp3) is 0.474. The smallest absolute Gasteiger partial charge is 0.273 e. The van der Waals surface area contributed by atoms with Crippen LogP contribution < -0.4 is 0 Å². The van der Waals surface area contributed by atoms with Crippen LogP contribution in [0.2, 0.25) is 0 Å². The lowest BCUT2D eigenvalue weighted by Crippen LogP contribution is -2.60. The maximum atomic E-state index is 12.9. The molecule has 2 heterocycles. The highest BCUT2D eigenvalue weighted by Gasteiger charge is 2.55. The molecule has 4 nitrogen and oxygen atoms in total. The van der Waals surface area contributed by atoms with E-state index in [4.69, 9.17) is 0 Å². The Bertz CT molecular complexity index is 756. The molecule has 120 valence electrons. The van der Waals surface area contributed by atoms with E-state index in [2.05, 4.69) is 4.98 Å². The van der Waals surface area contributed by atoms with Gasteiger partial charge in [-0.25, -0.2) is 0 Å². The van der Waals surface area contributed by atoms with Gasteiger partial charge in [0.1, 0.15) is 5.69 Å². The van der Waals surface area contributed by atoms with Crippen molar-refractivity contribution in [3.63, 3.8) is 0 Å². The van der Waals surface area contributed by atoms with E-state index in [9.17, 15) is 9.90 Å². The largest absolute Gasteiger partial charge is 0.390 e. The maximum Gasteiger partial charge on any atom is 0.273 e. The lowest BCUT2D eigenvalue weighted by atomic mass is 9.53. The van der Waals surface area contributed by atoms with Gasteiger partial charge in [-0.3, -0.25) is 9.78 Å². The van der Waals surface area contributed by atoms with Crippen molar-refractivity contribution in [2.45, 2.75) is 38.2 Å². The minimum atomic E-state index is -0.556. The Hall–Kier alpha value is -1.94. The van der Waals surface area contributed by atoms with Gasteiger partial charge in [-0.2, -0.15) is 0 Å². The maximum absolute atomic E-state index is 12.9. The summed E-state index contributed by atoms with van der Waals surface area (Å²) in [5.41, 5.74) is 0.00918. The monoisotopic (exact) mass is 310 g/mol. The third kappa shape index (κ3) is 2.16. The number of hydrogen-bond donors (Lipinski definition) is 1. The molecule has 1 aliphatic heterocycles. The number of piperidine rings is 1. The predicted molar refractivity (Wildman–Crippen MR) is 89.2 cm³/mol. The molecule has 1 amide bonds. The number of likely N-dealkylation sites (tertiary alicyclic amines) is 1. The van der Waals surface area contributed by atoms with Gasteiger partial charge in [-0.05, 0) is 44.1 Å². The molecule has 0 radical (unpaired) electrons. The van der Waals surface area contributed by atoms with Gasteiger partial charge in [-0.1, -0.05) is 24.3 Å². The molecule has 4 heteroatoms. The average Bonchev–Trinajstić information content (AvgIpc) is 2.60. The summed E-state index contributed by atoms with van der Waals surface area (Å²) < 4.78 is 0. The predicted octanol–water partition coefficient (Wildman–Crippen LogP) is 3.00. The summed E-state index contributed by atoms with van der Waals surface area (Å²) in [4.78, 5) is 19.1. The molecule has 2 fully saturated rings. The number of aliphatic hydroxyl groups is 1. The first kappa shape index (κ1) is 14.6. The SMILES string of the molecule is CC1(O)CCC12CCN(C(=O)c1nccc3ccccc13)CC2. The molecule has 1 atom stereocenters. The van der Waals surface area contributed by atoms with Crippen LogP contribution in [0.1, 0.15) is 43.1 Å². The Labute approximate surface area is 136 Å². The summed E-state index contributed by atoms with van der Waals surface area (Å²) in [6.45, 7) is 3.36. The molecule has 23 heavy (non-hydrogen) atoms. The Morgan fingerprint density at radius 2 is 1.87 bits per heavy atom. The summed E-state index contributed by atoms with van der Waals surface area (Å²) in [5.74, 6) is 0.00983. The van der Waals surface area contributed by atoms with Crippen molar-refractivity contribution in [3.05, 3.63) is 42.2 Å². The van der Waals surface area contributed by atoms with Crippen LogP contribution in [0.3, 0.4) is 0 Å². The first-order chi connectivity index (χ1) is 11.0. The number of aromatic nitrogens is 1. The number of nitrogens with zero attached hydrogens (tertiary/aromatic N) is 2. The van der Waals surface area contributed by atoms with Gasteiger partial charge in [0.25, 0.3) is 5.91 Å². The second kappa shape index (κ2) is 5.03. The lowest BCUT2D eigenvalue weighted by Gasteiger charge is -2.58. The zero-order valence-corrected chi connectivity index (χ0v) is 13.5. The zero-order valence-electron chi connectivity index (χ0n) is 13.5. The Balaban J connectivity index is 1.56. The summed E-state index contributed by atoms with van der Waals surface area (Å²) in [5, 5.41) is 12.4. The highest BCUT2D eigenvalue weighted by molar-refractivity contribution is 6.05. The quantitative estimate of drug-likeness (QED) is 0.881. The number of pyridine rings is 1. The first-order valence-electron chi connectivity index (χ1n) is 8.38. The van der Waals surface area contributed by atoms with Gasteiger partial charge >= 0.3 is 0 Å². The van der Waals surface area contributed by atoms with Crippen LogP contribution in [0.5, 0.6) is 0 Å². The fourth-order valence-corrected chi connectivity index (χ4v) is 4.21. The van der Waals surface area contributed by atoms with Gasteiger partial charge in [0.15, 0.2) is 0 Å². The second-order valence-corrected chi connectivity index (χ2v) is 7.23. The lowest BCUT2D eigenvalue weighted by molar-refractivity contribution is -0.174. The molecule has 4 rings (SSSR count). The van der Waals surface area contributed by atoms with Crippen LogP contribution in [0.15, 0.2) is 36.5 Å². The molecular formula is C19H22N2O2. The summed E-state index contributed by atoms with van der Waals surface area (Å²) >= 11 is 0. The molecule has 1 saturated heterocycles. The number of rotatable bonds is 1. The number of fused-ring (bicyclic) bond motifs is 1.